The summed E-state index contributed by atoms with van der Waals surface area (Å²) in [5.41, 5.74) is 0. The van der Waals surface area contributed by atoms with E-state index < -0.39 is 100 Å². The average molecular weight is 887 g/mol. The molecule has 0 heterocycles. The molecule has 1 rings (SSSR count). The van der Waals surface area contributed by atoms with Crippen molar-refractivity contribution >= 4 is 57.2 Å². The predicted octanol–water partition coefficient (Wildman–Crippen LogP) is -0.252. The summed E-state index contributed by atoms with van der Waals surface area (Å²) in [6, 6.07) is 0. The van der Waals surface area contributed by atoms with Crippen molar-refractivity contribution in [1.82, 2.24) is 0 Å². The van der Waals surface area contributed by atoms with E-state index in [0.29, 0.717) is 52.9 Å². The van der Waals surface area contributed by atoms with E-state index in [1.54, 1.807) is 7.11 Å². The summed E-state index contributed by atoms with van der Waals surface area (Å²) < 4.78 is 165. The zero-order valence-electron chi connectivity index (χ0n) is 27.4. The van der Waals surface area contributed by atoms with Crippen LogP contribution in [0.2, 0.25) is 0 Å². The summed E-state index contributed by atoms with van der Waals surface area (Å²) in [5.74, 6) is 0. The van der Waals surface area contributed by atoms with Gasteiger partial charge in [-0.15, -0.1) is 0 Å². The second kappa shape index (κ2) is 29.6. The van der Waals surface area contributed by atoms with Crippen molar-refractivity contribution in [3.63, 3.8) is 0 Å². The van der Waals surface area contributed by atoms with Crippen LogP contribution in [0.1, 0.15) is 0 Å². The first-order valence-corrected chi connectivity index (χ1v) is 22.4. The lowest BCUT2D eigenvalue weighted by Crippen LogP contribution is -2.67. The van der Waals surface area contributed by atoms with Crippen molar-refractivity contribution < 1.29 is 115 Å². The minimum Gasteiger partial charge on any atom is -0.382 e. The SMILES string of the molecule is COCCOCCOCCOCCOCCOCCOCCOC1C(OS(=O)(=O)O)[C@H](OP=S(O)O)C(OOO)C(OP=S(O)O)[C@@H]1OS(=O)(=O)O. The number of rotatable bonds is 32. The van der Waals surface area contributed by atoms with E-state index in [4.69, 9.17) is 52.2 Å². The smallest absolute Gasteiger partial charge is 0.382 e. The fraction of sp³-hybridized carbons (Fsp3) is 1.00. The Labute approximate surface area is 307 Å². The second-order valence-electron chi connectivity index (χ2n) is 9.39. The molecule has 0 aromatic rings. The summed E-state index contributed by atoms with van der Waals surface area (Å²) in [4.78, 5) is 4.60. The third-order valence-corrected chi connectivity index (χ3v) is 9.03. The van der Waals surface area contributed by atoms with Gasteiger partial charge in [-0.25, -0.2) is 13.6 Å². The molecule has 0 aromatic heterocycles. The molecule has 52 heavy (non-hydrogen) atoms. The van der Waals surface area contributed by atoms with Gasteiger partial charge in [0.15, 0.2) is 6.10 Å². The molecule has 0 saturated heterocycles. The highest BCUT2D eigenvalue weighted by Crippen LogP contribution is 2.38. The molecule has 0 amide bonds. The van der Waals surface area contributed by atoms with Gasteiger partial charge >= 0.3 is 20.8 Å². The Morgan fingerprint density at radius 2 is 0.827 bits per heavy atom. The van der Waals surface area contributed by atoms with E-state index in [1.165, 1.54) is 0 Å². The Hall–Kier alpha value is 0.360. The van der Waals surface area contributed by atoms with Gasteiger partial charge in [0.25, 0.3) is 0 Å². The van der Waals surface area contributed by atoms with Crippen LogP contribution in [0.3, 0.4) is 0 Å². The molecule has 1 saturated carbocycles. The largest absolute Gasteiger partial charge is 0.397 e. The maximum Gasteiger partial charge on any atom is 0.397 e. The van der Waals surface area contributed by atoms with E-state index in [0.717, 1.165) is 0 Å². The molecule has 6 atom stereocenters. The number of hydrogen-bond donors (Lipinski definition) is 7. The van der Waals surface area contributed by atoms with Gasteiger partial charge in [-0.3, -0.25) is 9.11 Å². The van der Waals surface area contributed by atoms with Gasteiger partial charge in [-0.05, 0) is 0 Å². The second-order valence-corrected chi connectivity index (χ2v) is 16.0. The number of methoxy groups -OCH3 is 1. The molecule has 0 aromatic carbocycles. The summed E-state index contributed by atoms with van der Waals surface area (Å²) in [5, 5.41) is 12.6. The van der Waals surface area contributed by atoms with Crippen molar-refractivity contribution in [1.29, 1.82) is 0 Å². The van der Waals surface area contributed by atoms with E-state index in [1.807, 2.05) is 0 Å². The molecule has 1 aliphatic carbocycles. The van der Waals surface area contributed by atoms with Crippen molar-refractivity contribution in [2.45, 2.75) is 36.6 Å². The molecule has 4 unspecified atom stereocenters. The van der Waals surface area contributed by atoms with Gasteiger partial charge in [0.2, 0.25) is 0 Å². The monoisotopic (exact) mass is 886 g/mol. The lowest BCUT2D eigenvalue weighted by molar-refractivity contribution is -0.520. The summed E-state index contributed by atoms with van der Waals surface area (Å²) in [6.07, 6.45) is -12.6. The molecule has 1 aliphatic rings. The fourth-order valence-electron chi connectivity index (χ4n) is 3.97. The van der Waals surface area contributed by atoms with Crippen LogP contribution in [0.15, 0.2) is 0 Å². The van der Waals surface area contributed by atoms with Crippen LogP contribution < -0.4 is 0 Å². The minimum atomic E-state index is -5.45. The Morgan fingerprint density at radius 3 is 1.12 bits per heavy atom. The molecule has 0 bridgehead atoms. The lowest BCUT2D eigenvalue weighted by atomic mass is 9.85. The average Bonchev–Trinajstić information content (AvgIpc) is 3.04. The van der Waals surface area contributed by atoms with Crippen LogP contribution in [-0.4, -0.2) is 186 Å². The Balaban J connectivity index is 2.68. The van der Waals surface area contributed by atoms with Crippen LogP contribution in [0.4, 0.5) is 0 Å². The molecular formula is C21H44O25P2S4. The molecule has 7 N–H and O–H groups in total. The van der Waals surface area contributed by atoms with Crippen molar-refractivity contribution in [2.24, 2.45) is 0 Å². The summed E-state index contributed by atoms with van der Waals surface area (Å²) in [6.45, 7) is 3.20. The molecular weight excluding hydrogens is 842 g/mol. The van der Waals surface area contributed by atoms with Crippen molar-refractivity contribution in [3.05, 3.63) is 0 Å². The quantitative estimate of drug-likeness (QED) is 0.0150. The van der Waals surface area contributed by atoms with Crippen molar-refractivity contribution in [2.75, 3.05) is 99.6 Å². The molecule has 312 valence electrons. The zero-order chi connectivity index (χ0) is 38.8. The highest BCUT2D eigenvalue weighted by atomic mass is 32.5. The van der Waals surface area contributed by atoms with E-state index in [9.17, 15) is 44.2 Å². The third-order valence-electron chi connectivity index (χ3n) is 5.86. The van der Waals surface area contributed by atoms with Gasteiger partial charge in [-0.2, -0.15) is 21.7 Å². The Kier molecular flexibility index (Phi) is 28.7. The van der Waals surface area contributed by atoms with Crippen LogP contribution >= 0.6 is 15.2 Å². The first-order valence-electron chi connectivity index (χ1n) is 14.5. The van der Waals surface area contributed by atoms with E-state index >= 15 is 0 Å². The van der Waals surface area contributed by atoms with Gasteiger partial charge in [0.05, 0.1) is 92.5 Å². The molecule has 25 nitrogen and oxygen atoms in total. The van der Waals surface area contributed by atoms with Crippen LogP contribution in [0, 0.1) is 0 Å². The molecule has 0 aliphatic heterocycles. The summed E-state index contributed by atoms with van der Waals surface area (Å²) >= 11 is 0. The number of ether oxygens (including phenoxy) is 8. The van der Waals surface area contributed by atoms with Crippen LogP contribution in [-0.2, 0) is 107 Å². The normalized spacial score (nSPS) is 23.0. The first kappa shape index (κ1) is 50.4. The molecule has 0 radical (unpaired) electrons. The van der Waals surface area contributed by atoms with Crippen LogP contribution in [0.5, 0.6) is 0 Å². The Morgan fingerprint density at radius 1 is 0.500 bits per heavy atom. The lowest BCUT2D eigenvalue weighted by Gasteiger charge is -2.45. The highest BCUT2D eigenvalue weighted by molar-refractivity contribution is 8.12. The van der Waals surface area contributed by atoms with E-state index in [-0.39, 0.29) is 33.0 Å². The van der Waals surface area contributed by atoms with Crippen molar-refractivity contribution in [3.8, 4) is 0 Å². The van der Waals surface area contributed by atoms with Gasteiger partial charge in [0, 0.05) is 7.11 Å². The fourth-order valence-corrected chi connectivity index (χ4v) is 6.86. The van der Waals surface area contributed by atoms with E-state index in [2.05, 4.69) is 18.3 Å². The zero-order valence-corrected chi connectivity index (χ0v) is 32.4. The molecule has 31 heteroatoms. The Bertz CT molecular complexity index is 1140. The molecule has 0 spiro atoms. The first-order chi connectivity index (χ1) is 24.7. The predicted molar refractivity (Wildman–Crippen MR) is 177 cm³/mol. The standard InChI is InChI=1S/C21H44O25P2S4/c1-33-2-3-34-4-5-35-6-7-36-8-9-37-10-11-38-12-13-39-14-15-40-16-20(44-51(27,28)29)18(42-47-49(23)24)17(41-46-22)19(43-48-50(25)26)21(16)45-52(30,31)32/h16-26H,2-15H2,1H3,(H,27,28,29)(H,30,31,32)/t16?,17?,18-,19?,20?,21-/m1/s1. The highest BCUT2D eigenvalue weighted by Gasteiger charge is 2.58. The maximum atomic E-state index is 11.8. The maximum absolute atomic E-state index is 11.8. The van der Waals surface area contributed by atoms with Gasteiger partial charge in [-0.1, -0.05) is 5.04 Å². The topological polar surface area (TPSA) is 339 Å². The van der Waals surface area contributed by atoms with Crippen LogP contribution in [0.25, 0.3) is 0 Å². The molecule has 1 fully saturated rings. The van der Waals surface area contributed by atoms with Gasteiger partial charge in [0.1, 0.15) is 67.0 Å². The third kappa shape index (κ3) is 24.8. The van der Waals surface area contributed by atoms with Gasteiger partial charge < -0.3 is 65.2 Å². The minimum absolute atomic E-state index is 0.00800. The number of hydrogen-bond acceptors (Lipinski definition) is 19. The summed E-state index contributed by atoms with van der Waals surface area (Å²) in [7, 11) is -15.7.